The third kappa shape index (κ3) is 2.51. The Morgan fingerprint density at radius 1 is 1.25 bits per heavy atom. The zero-order chi connectivity index (χ0) is 11.7. The van der Waals surface area contributed by atoms with Gasteiger partial charge in [-0.15, -0.1) is 11.3 Å². The molecule has 16 heavy (non-hydrogen) atoms. The maximum Gasteiger partial charge on any atom is 0.0672 e. The normalized spacial score (nSPS) is 12.8. The summed E-state index contributed by atoms with van der Waals surface area (Å²) >= 11 is 14.7. The summed E-state index contributed by atoms with van der Waals surface area (Å²) in [5.41, 5.74) is 7.14. The van der Waals surface area contributed by atoms with Crippen molar-refractivity contribution < 1.29 is 0 Å². The Morgan fingerprint density at radius 2 is 2.00 bits per heavy atom. The summed E-state index contributed by atoms with van der Waals surface area (Å²) in [4.78, 5) is 1.08. The molecule has 84 valence electrons. The summed E-state index contributed by atoms with van der Waals surface area (Å²) in [5.74, 6) is 0. The standard InChI is InChI=1S/C11H8Br2ClNS/c12-6-1-2-9(14)7(5-6)10(15)11-8(13)3-4-16-11/h1-5,10H,15H2. The largest absolute Gasteiger partial charge is 0.320 e. The molecule has 0 fully saturated rings. The van der Waals surface area contributed by atoms with Gasteiger partial charge in [-0.2, -0.15) is 0 Å². The van der Waals surface area contributed by atoms with Crippen molar-refractivity contribution >= 4 is 54.8 Å². The number of halogens is 3. The van der Waals surface area contributed by atoms with Gasteiger partial charge in [0.1, 0.15) is 0 Å². The number of nitrogens with two attached hydrogens (primary N) is 1. The van der Waals surface area contributed by atoms with Crippen LogP contribution < -0.4 is 5.73 Å². The quantitative estimate of drug-likeness (QED) is 0.780. The second-order valence-electron chi connectivity index (χ2n) is 3.28. The molecule has 2 N–H and O–H groups in total. The van der Waals surface area contributed by atoms with Crippen LogP contribution in [0.2, 0.25) is 5.02 Å². The van der Waals surface area contributed by atoms with E-state index >= 15 is 0 Å². The van der Waals surface area contributed by atoms with Crippen LogP contribution in [0, 0.1) is 0 Å². The van der Waals surface area contributed by atoms with Crippen molar-refractivity contribution in [3.63, 3.8) is 0 Å². The number of rotatable bonds is 2. The molecule has 5 heteroatoms. The van der Waals surface area contributed by atoms with E-state index < -0.39 is 0 Å². The first-order valence-electron chi connectivity index (χ1n) is 4.53. The molecule has 0 radical (unpaired) electrons. The molecular weight excluding hydrogens is 373 g/mol. The van der Waals surface area contributed by atoms with E-state index in [1.54, 1.807) is 11.3 Å². The molecule has 0 aliphatic carbocycles. The van der Waals surface area contributed by atoms with Crippen molar-refractivity contribution in [2.24, 2.45) is 5.73 Å². The van der Waals surface area contributed by atoms with E-state index in [-0.39, 0.29) is 6.04 Å². The van der Waals surface area contributed by atoms with Crippen molar-refractivity contribution in [2.75, 3.05) is 0 Å². The summed E-state index contributed by atoms with van der Waals surface area (Å²) in [7, 11) is 0. The van der Waals surface area contributed by atoms with Gasteiger partial charge in [-0.1, -0.05) is 27.5 Å². The molecule has 2 rings (SSSR count). The van der Waals surface area contributed by atoms with Gasteiger partial charge in [-0.25, -0.2) is 0 Å². The first-order valence-corrected chi connectivity index (χ1v) is 7.37. The fourth-order valence-electron chi connectivity index (χ4n) is 1.42. The average Bonchev–Trinajstić information content (AvgIpc) is 2.67. The number of hydrogen-bond acceptors (Lipinski definition) is 2. The fraction of sp³-hybridized carbons (Fsp3) is 0.0909. The molecule has 0 bridgehead atoms. The van der Waals surface area contributed by atoms with Crippen molar-refractivity contribution in [3.8, 4) is 0 Å². The second-order valence-corrected chi connectivity index (χ2v) is 6.40. The van der Waals surface area contributed by atoms with E-state index in [0.29, 0.717) is 5.02 Å². The summed E-state index contributed by atoms with van der Waals surface area (Å²) < 4.78 is 2.01. The van der Waals surface area contributed by atoms with Crippen molar-refractivity contribution in [1.82, 2.24) is 0 Å². The summed E-state index contributed by atoms with van der Waals surface area (Å²) in [5, 5.41) is 2.70. The molecule has 1 aromatic carbocycles. The van der Waals surface area contributed by atoms with Crippen molar-refractivity contribution in [3.05, 3.63) is 54.1 Å². The Labute approximate surface area is 120 Å². The topological polar surface area (TPSA) is 26.0 Å². The van der Waals surface area contributed by atoms with Gasteiger partial charge in [0.15, 0.2) is 0 Å². The van der Waals surface area contributed by atoms with E-state index in [1.165, 1.54) is 0 Å². The highest BCUT2D eigenvalue weighted by molar-refractivity contribution is 9.10. The Hall–Kier alpha value is 0.130. The summed E-state index contributed by atoms with van der Waals surface area (Å²) in [6, 6.07) is 7.51. The van der Waals surface area contributed by atoms with Gasteiger partial charge in [-0.3, -0.25) is 0 Å². The van der Waals surface area contributed by atoms with Gasteiger partial charge in [-0.05, 0) is 51.1 Å². The lowest BCUT2D eigenvalue weighted by Gasteiger charge is -2.13. The number of thiophene rings is 1. The van der Waals surface area contributed by atoms with E-state index in [1.807, 2.05) is 29.6 Å². The first-order chi connectivity index (χ1) is 7.59. The fourth-order valence-corrected chi connectivity index (χ4v) is 3.67. The van der Waals surface area contributed by atoms with Crippen LogP contribution in [0.4, 0.5) is 0 Å². The Kier molecular flexibility index (Phi) is 4.08. The molecule has 1 atom stereocenters. The van der Waals surface area contributed by atoms with E-state index in [9.17, 15) is 0 Å². The maximum absolute atomic E-state index is 6.21. The molecule has 1 nitrogen and oxygen atoms in total. The Balaban J connectivity index is 2.45. The highest BCUT2D eigenvalue weighted by Gasteiger charge is 2.16. The van der Waals surface area contributed by atoms with Gasteiger partial charge < -0.3 is 5.73 Å². The molecular formula is C11H8Br2ClNS. The monoisotopic (exact) mass is 379 g/mol. The van der Waals surface area contributed by atoms with Gasteiger partial charge in [0, 0.05) is 18.8 Å². The smallest absolute Gasteiger partial charge is 0.0672 e. The van der Waals surface area contributed by atoms with E-state index in [0.717, 1.165) is 19.4 Å². The molecule has 0 saturated heterocycles. The second kappa shape index (κ2) is 5.19. The van der Waals surface area contributed by atoms with Gasteiger partial charge >= 0.3 is 0 Å². The first kappa shape index (κ1) is 12.6. The predicted molar refractivity (Wildman–Crippen MR) is 77.2 cm³/mol. The molecule has 0 aliphatic rings. The molecule has 0 spiro atoms. The van der Waals surface area contributed by atoms with Crippen LogP contribution in [0.25, 0.3) is 0 Å². The highest BCUT2D eigenvalue weighted by Crippen LogP contribution is 2.35. The highest BCUT2D eigenvalue weighted by atomic mass is 79.9. The molecule has 0 saturated carbocycles. The molecule has 0 amide bonds. The van der Waals surface area contributed by atoms with Crippen LogP contribution in [-0.4, -0.2) is 0 Å². The van der Waals surface area contributed by atoms with Crippen LogP contribution in [0.3, 0.4) is 0 Å². The van der Waals surface area contributed by atoms with Crippen LogP contribution in [0.1, 0.15) is 16.5 Å². The van der Waals surface area contributed by atoms with Gasteiger partial charge in [0.05, 0.1) is 6.04 Å². The zero-order valence-corrected chi connectivity index (χ0v) is 12.8. The zero-order valence-electron chi connectivity index (χ0n) is 8.08. The summed E-state index contributed by atoms with van der Waals surface area (Å²) in [6.07, 6.45) is 0. The Morgan fingerprint density at radius 3 is 2.62 bits per heavy atom. The molecule has 1 unspecified atom stereocenters. The minimum absolute atomic E-state index is 0.195. The van der Waals surface area contributed by atoms with Gasteiger partial charge in [0.25, 0.3) is 0 Å². The lowest BCUT2D eigenvalue weighted by Crippen LogP contribution is -2.11. The average molecular weight is 382 g/mol. The van der Waals surface area contributed by atoms with E-state index in [4.69, 9.17) is 17.3 Å². The molecule has 1 aromatic heterocycles. The van der Waals surface area contributed by atoms with Gasteiger partial charge in [0.2, 0.25) is 0 Å². The molecule has 2 aromatic rings. The lowest BCUT2D eigenvalue weighted by atomic mass is 10.1. The van der Waals surface area contributed by atoms with E-state index in [2.05, 4.69) is 31.9 Å². The third-order valence-corrected chi connectivity index (χ3v) is 5.01. The van der Waals surface area contributed by atoms with Crippen LogP contribution in [0.5, 0.6) is 0 Å². The molecule has 0 aliphatic heterocycles. The minimum Gasteiger partial charge on any atom is -0.320 e. The van der Waals surface area contributed by atoms with Crippen molar-refractivity contribution in [2.45, 2.75) is 6.04 Å². The Bertz CT molecular complexity index is 512. The number of hydrogen-bond donors (Lipinski definition) is 1. The van der Waals surface area contributed by atoms with Crippen LogP contribution in [-0.2, 0) is 0 Å². The van der Waals surface area contributed by atoms with Crippen LogP contribution in [0.15, 0.2) is 38.6 Å². The summed E-state index contributed by atoms with van der Waals surface area (Å²) in [6.45, 7) is 0. The van der Waals surface area contributed by atoms with Crippen LogP contribution >= 0.6 is 54.8 Å². The van der Waals surface area contributed by atoms with Crippen molar-refractivity contribution in [1.29, 1.82) is 0 Å². The maximum atomic E-state index is 6.21. The number of benzene rings is 1. The molecule has 1 heterocycles. The predicted octanol–water partition coefficient (Wildman–Crippen LogP) is 4.97. The minimum atomic E-state index is -0.195. The third-order valence-electron chi connectivity index (χ3n) is 2.22. The SMILES string of the molecule is NC(c1cc(Br)ccc1Cl)c1sccc1Br. The lowest BCUT2D eigenvalue weighted by molar-refractivity contribution is 0.888.